The van der Waals surface area contributed by atoms with Gasteiger partial charge < -0.3 is 9.30 Å². The number of aromatic nitrogens is 2. The van der Waals surface area contributed by atoms with Gasteiger partial charge in [-0.15, -0.1) is 0 Å². The summed E-state index contributed by atoms with van der Waals surface area (Å²) in [5.41, 5.74) is 4.72. The van der Waals surface area contributed by atoms with Gasteiger partial charge >= 0.3 is 0 Å². The number of rotatable bonds is 7. The summed E-state index contributed by atoms with van der Waals surface area (Å²) in [7, 11) is 2.07. The maximum Gasteiger partial charge on any atom is 0.135 e. The summed E-state index contributed by atoms with van der Waals surface area (Å²) >= 11 is 6.14. The van der Waals surface area contributed by atoms with Crippen LogP contribution in [0.15, 0.2) is 54.6 Å². The first kappa shape index (κ1) is 18.7. The van der Waals surface area contributed by atoms with Gasteiger partial charge in [0, 0.05) is 24.2 Å². The fraction of sp³-hybridized carbons (Fsp3) is 0.318. The van der Waals surface area contributed by atoms with Crippen LogP contribution in [0.3, 0.4) is 0 Å². The highest BCUT2D eigenvalue weighted by atomic mass is 35.5. The monoisotopic (exact) mass is 368 g/mol. The van der Waals surface area contributed by atoms with E-state index in [1.54, 1.807) is 0 Å². The molecule has 0 atom stereocenters. The molecule has 3 rings (SSSR count). The van der Waals surface area contributed by atoms with Gasteiger partial charge in [0.25, 0.3) is 0 Å². The first-order chi connectivity index (χ1) is 12.5. The van der Waals surface area contributed by atoms with E-state index in [0.29, 0.717) is 19.1 Å². The van der Waals surface area contributed by atoms with Crippen molar-refractivity contribution in [1.82, 2.24) is 9.55 Å². The van der Waals surface area contributed by atoms with E-state index in [0.717, 1.165) is 23.0 Å². The normalized spacial score (nSPS) is 11.3. The molecule has 0 radical (unpaired) electrons. The zero-order valence-corrected chi connectivity index (χ0v) is 16.3. The molecule has 136 valence electrons. The summed E-state index contributed by atoms with van der Waals surface area (Å²) in [5.74, 6) is 1.32. The lowest BCUT2D eigenvalue weighted by Crippen LogP contribution is -2.05. The summed E-state index contributed by atoms with van der Waals surface area (Å²) < 4.78 is 8.07. The molecule has 0 bridgehead atoms. The van der Waals surface area contributed by atoms with E-state index in [2.05, 4.69) is 43.7 Å². The van der Waals surface area contributed by atoms with Crippen LogP contribution in [0.1, 0.15) is 48.1 Å². The fourth-order valence-corrected chi connectivity index (χ4v) is 3.29. The average Bonchev–Trinajstić information content (AvgIpc) is 2.93. The van der Waals surface area contributed by atoms with Crippen LogP contribution in [0.5, 0.6) is 0 Å². The summed E-state index contributed by atoms with van der Waals surface area (Å²) in [6.45, 7) is 5.45. The highest BCUT2D eigenvalue weighted by Gasteiger charge is 2.17. The topological polar surface area (TPSA) is 27.1 Å². The van der Waals surface area contributed by atoms with Crippen molar-refractivity contribution in [2.45, 2.75) is 39.4 Å². The Morgan fingerprint density at radius 3 is 2.42 bits per heavy atom. The van der Waals surface area contributed by atoms with Crippen LogP contribution in [0.25, 0.3) is 0 Å². The van der Waals surface area contributed by atoms with E-state index in [4.69, 9.17) is 21.3 Å². The quantitative estimate of drug-likeness (QED) is 0.550. The second-order valence-electron chi connectivity index (χ2n) is 6.86. The summed E-state index contributed by atoms with van der Waals surface area (Å²) in [4.78, 5) is 4.86. The van der Waals surface area contributed by atoms with Crippen molar-refractivity contribution in [2.24, 2.45) is 7.05 Å². The molecular weight excluding hydrogens is 344 g/mol. The first-order valence-electron chi connectivity index (χ1n) is 8.95. The van der Waals surface area contributed by atoms with E-state index in [1.165, 1.54) is 16.8 Å². The molecule has 3 aromatic rings. The zero-order chi connectivity index (χ0) is 18.5. The number of ether oxygens (including phenoxy) is 1. The number of halogens is 1. The van der Waals surface area contributed by atoms with Crippen molar-refractivity contribution in [3.63, 3.8) is 0 Å². The number of benzene rings is 2. The van der Waals surface area contributed by atoms with Crippen LogP contribution < -0.4 is 0 Å². The van der Waals surface area contributed by atoms with Crippen LogP contribution in [0.4, 0.5) is 0 Å². The third kappa shape index (κ3) is 4.54. The smallest absolute Gasteiger partial charge is 0.135 e. The second-order valence-corrected chi connectivity index (χ2v) is 7.30. The lowest BCUT2D eigenvalue weighted by molar-refractivity contribution is 0.0998. The molecule has 1 heterocycles. The van der Waals surface area contributed by atoms with Gasteiger partial charge in [0.1, 0.15) is 12.4 Å². The van der Waals surface area contributed by atoms with Gasteiger partial charge in [0.15, 0.2) is 0 Å². The number of hydrogen-bond donors (Lipinski definition) is 0. The van der Waals surface area contributed by atoms with Gasteiger partial charge in [0.2, 0.25) is 0 Å². The molecule has 0 fully saturated rings. The lowest BCUT2D eigenvalue weighted by Gasteiger charge is -2.10. The molecule has 4 heteroatoms. The number of hydrogen-bond acceptors (Lipinski definition) is 2. The third-order valence-corrected chi connectivity index (χ3v) is 4.72. The van der Waals surface area contributed by atoms with Gasteiger partial charge in [-0.05, 0) is 29.2 Å². The summed E-state index contributed by atoms with van der Waals surface area (Å²) in [6, 6.07) is 18.2. The van der Waals surface area contributed by atoms with E-state index in [1.807, 2.05) is 36.4 Å². The van der Waals surface area contributed by atoms with Crippen LogP contribution >= 0.6 is 11.6 Å². The van der Waals surface area contributed by atoms with E-state index < -0.39 is 0 Å². The van der Waals surface area contributed by atoms with Crippen molar-refractivity contribution < 1.29 is 4.74 Å². The molecule has 3 nitrogen and oxygen atoms in total. The molecule has 0 saturated heterocycles. The molecule has 0 aliphatic rings. The van der Waals surface area contributed by atoms with Crippen LogP contribution in [-0.4, -0.2) is 9.55 Å². The third-order valence-electron chi connectivity index (χ3n) is 4.49. The maximum absolute atomic E-state index is 6.14. The molecule has 1 aromatic heterocycles. The Hall–Kier alpha value is -2.10. The predicted octanol–water partition coefficient (Wildman–Crippen LogP) is 5.50. The van der Waals surface area contributed by atoms with Gasteiger partial charge in [-0.1, -0.05) is 67.9 Å². The zero-order valence-electron chi connectivity index (χ0n) is 15.6. The second kappa shape index (κ2) is 8.52. The minimum absolute atomic E-state index is 0.359. The van der Waals surface area contributed by atoms with Gasteiger partial charge in [-0.25, -0.2) is 4.98 Å². The molecule has 2 aromatic carbocycles. The highest BCUT2D eigenvalue weighted by Crippen LogP contribution is 2.24. The molecule has 0 saturated carbocycles. The van der Waals surface area contributed by atoms with Crippen molar-refractivity contribution in [3.05, 3.63) is 88.0 Å². The molecule has 0 spiro atoms. The van der Waals surface area contributed by atoms with Gasteiger partial charge in [-0.2, -0.15) is 0 Å². The van der Waals surface area contributed by atoms with Crippen molar-refractivity contribution in [3.8, 4) is 0 Å². The first-order valence-corrected chi connectivity index (χ1v) is 9.33. The number of nitrogens with zero attached hydrogens (tertiary/aromatic N) is 2. The van der Waals surface area contributed by atoms with Crippen molar-refractivity contribution in [1.29, 1.82) is 0 Å². The lowest BCUT2D eigenvalue weighted by atomic mass is 10.0. The van der Waals surface area contributed by atoms with Crippen molar-refractivity contribution in [2.75, 3.05) is 0 Å². The van der Waals surface area contributed by atoms with Crippen LogP contribution in [0, 0.1) is 0 Å². The Morgan fingerprint density at radius 2 is 1.73 bits per heavy atom. The molecule has 0 aliphatic heterocycles. The molecule has 0 aliphatic carbocycles. The Kier molecular flexibility index (Phi) is 6.12. The van der Waals surface area contributed by atoms with Crippen LogP contribution in [-0.2, 0) is 31.4 Å². The Labute approximate surface area is 160 Å². The highest BCUT2D eigenvalue weighted by molar-refractivity contribution is 6.30. The number of imidazole rings is 1. The largest absolute Gasteiger partial charge is 0.369 e. The van der Waals surface area contributed by atoms with Crippen molar-refractivity contribution >= 4 is 11.6 Å². The predicted molar refractivity (Wildman–Crippen MR) is 106 cm³/mol. The molecule has 26 heavy (non-hydrogen) atoms. The van der Waals surface area contributed by atoms with E-state index in [9.17, 15) is 0 Å². The maximum atomic E-state index is 6.14. The molecule has 0 amide bonds. The minimum atomic E-state index is 0.359. The molecular formula is C22H25ClN2O. The average molecular weight is 369 g/mol. The standard InChI is InChI=1S/C22H25ClN2O/c1-16(2)22-20(13-18-10-7-11-19(23)12-18)25(3)21(24-22)15-26-14-17-8-5-4-6-9-17/h4-12,16H,13-15H2,1-3H3. The summed E-state index contributed by atoms with van der Waals surface area (Å²) in [6.07, 6.45) is 0.816. The van der Waals surface area contributed by atoms with Gasteiger partial charge in [-0.3, -0.25) is 0 Å². The fourth-order valence-electron chi connectivity index (χ4n) is 3.08. The Bertz CT molecular complexity index is 856. The van der Waals surface area contributed by atoms with Crippen LogP contribution in [0.2, 0.25) is 5.02 Å². The summed E-state index contributed by atoms with van der Waals surface area (Å²) in [5, 5.41) is 0.766. The van der Waals surface area contributed by atoms with E-state index >= 15 is 0 Å². The minimum Gasteiger partial charge on any atom is -0.369 e. The van der Waals surface area contributed by atoms with Gasteiger partial charge in [0.05, 0.1) is 12.3 Å². The Balaban J connectivity index is 1.76. The van der Waals surface area contributed by atoms with E-state index in [-0.39, 0.29) is 0 Å². The molecule has 0 unspecified atom stereocenters. The SMILES string of the molecule is CC(C)c1nc(COCc2ccccc2)n(C)c1Cc1cccc(Cl)c1. The Morgan fingerprint density at radius 1 is 1.00 bits per heavy atom. The molecule has 0 N–H and O–H groups in total.